The molecule has 1 fully saturated rings. The van der Waals surface area contributed by atoms with Crippen molar-refractivity contribution in [1.82, 2.24) is 0 Å². The first-order chi connectivity index (χ1) is 6.08. The molecular weight excluding hydrogens is 184 g/mol. The summed E-state index contributed by atoms with van der Waals surface area (Å²) in [5.74, 6) is 0.302. The first-order valence-corrected chi connectivity index (χ1v) is 5.59. The van der Waals surface area contributed by atoms with Crippen molar-refractivity contribution in [3.05, 3.63) is 12.7 Å². The van der Waals surface area contributed by atoms with Crippen molar-refractivity contribution in [3.63, 3.8) is 0 Å². The van der Waals surface area contributed by atoms with Gasteiger partial charge in [0.1, 0.15) is 0 Å². The van der Waals surface area contributed by atoms with Gasteiger partial charge in [0.25, 0.3) is 0 Å². The number of aliphatic carboxylic acids is 1. The maximum absolute atomic E-state index is 10.5. The van der Waals surface area contributed by atoms with E-state index in [1.807, 2.05) is 6.08 Å². The summed E-state index contributed by atoms with van der Waals surface area (Å²) < 4.78 is 0. The Labute approximate surface area is 83.4 Å². The van der Waals surface area contributed by atoms with Gasteiger partial charge < -0.3 is 5.11 Å². The molecule has 0 aromatic heterocycles. The fraction of sp³-hybridized carbons (Fsp3) is 0.700. The first kappa shape index (κ1) is 10.6. The van der Waals surface area contributed by atoms with E-state index in [0.29, 0.717) is 11.7 Å². The molecule has 0 bridgehead atoms. The Hall–Kier alpha value is -0.440. The average molecular weight is 200 g/mol. The van der Waals surface area contributed by atoms with E-state index in [1.54, 1.807) is 11.8 Å². The molecule has 0 saturated heterocycles. The zero-order chi connectivity index (χ0) is 9.90. The van der Waals surface area contributed by atoms with Crippen molar-refractivity contribution >= 4 is 17.7 Å². The summed E-state index contributed by atoms with van der Waals surface area (Å²) in [5, 5.41) is 9.12. The van der Waals surface area contributed by atoms with Gasteiger partial charge in [-0.2, -0.15) is 11.8 Å². The molecule has 1 aliphatic carbocycles. The van der Waals surface area contributed by atoms with Gasteiger partial charge >= 0.3 is 5.97 Å². The molecule has 1 rings (SSSR count). The number of carbonyl (C=O) groups is 1. The maximum Gasteiger partial charge on any atom is 0.303 e. The van der Waals surface area contributed by atoms with Crippen molar-refractivity contribution in [2.75, 3.05) is 5.75 Å². The average Bonchev–Trinajstić information content (AvgIpc) is 2.80. The standard InChI is InChI=1S/C10H16O2S/c1-3-8(2)13-7-10(4-5-10)6-9(11)12/h3,8H,1,4-7H2,2H3,(H,11,12). The molecule has 1 N–H and O–H groups in total. The summed E-state index contributed by atoms with van der Waals surface area (Å²) in [5.41, 5.74) is 0.119. The minimum atomic E-state index is -0.663. The van der Waals surface area contributed by atoms with E-state index in [2.05, 4.69) is 13.5 Å². The Morgan fingerprint density at radius 1 is 1.77 bits per heavy atom. The van der Waals surface area contributed by atoms with E-state index in [4.69, 9.17) is 5.11 Å². The molecule has 74 valence electrons. The largest absolute Gasteiger partial charge is 0.481 e. The number of hydrogen-bond donors (Lipinski definition) is 1. The number of carboxylic acids is 1. The van der Waals surface area contributed by atoms with Crippen LogP contribution in [0.15, 0.2) is 12.7 Å². The van der Waals surface area contributed by atoms with Crippen LogP contribution in [0.3, 0.4) is 0 Å². The van der Waals surface area contributed by atoms with E-state index in [9.17, 15) is 4.79 Å². The number of carboxylic acid groups (broad SMARTS) is 1. The molecular formula is C10H16O2S. The van der Waals surface area contributed by atoms with Crippen LogP contribution in [0, 0.1) is 5.41 Å². The van der Waals surface area contributed by atoms with Crippen LogP contribution in [-0.4, -0.2) is 22.1 Å². The van der Waals surface area contributed by atoms with E-state index < -0.39 is 5.97 Å². The second-order valence-electron chi connectivity index (χ2n) is 3.82. The fourth-order valence-corrected chi connectivity index (χ4v) is 2.39. The van der Waals surface area contributed by atoms with Gasteiger partial charge in [0.2, 0.25) is 0 Å². The van der Waals surface area contributed by atoms with Crippen LogP contribution in [0.2, 0.25) is 0 Å². The molecule has 0 amide bonds. The quantitative estimate of drug-likeness (QED) is 0.669. The van der Waals surface area contributed by atoms with Crippen LogP contribution >= 0.6 is 11.8 Å². The zero-order valence-electron chi connectivity index (χ0n) is 7.95. The molecule has 0 aromatic carbocycles. The lowest BCUT2D eigenvalue weighted by Gasteiger charge is -2.13. The third-order valence-corrected chi connectivity index (χ3v) is 3.96. The van der Waals surface area contributed by atoms with Gasteiger partial charge in [-0.05, 0) is 25.2 Å². The number of rotatable bonds is 6. The molecule has 2 nitrogen and oxygen atoms in total. The van der Waals surface area contributed by atoms with E-state index >= 15 is 0 Å². The summed E-state index contributed by atoms with van der Waals surface area (Å²) in [7, 11) is 0. The Morgan fingerprint density at radius 2 is 2.38 bits per heavy atom. The second-order valence-corrected chi connectivity index (χ2v) is 5.19. The van der Waals surface area contributed by atoms with Crippen molar-refractivity contribution in [2.24, 2.45) is 5.41 Å². The topological polar surface area (TPSA) is 37.3 Å². The van der Waals surface area contributed by atoms with Gasteiger partial charge in [0, 0.05) is 11.0 Å². The summed E-state index contributed by atoms with van der Waals surface area (Å²) in [4.78, 5) is 10.5. The highest BCUT2D eigenvalue weighted by atomic mass is 32.2. The van der Waals surface area contributed by atoms with Crippen molar-refractivity contribution in [2.45, 2.75) is 31.4 Å². The Morgan fingerprint density at radius 3 is 2.77 bits per heavy atom. The van der Waals surface area contributed by atoms with Crippen LogP contribution < -0.4 is 0 Å². The normalized spacial score (nSPS) is 20.7. The molecule has 3 heteroatoms. The minimum absolute atomic E-state index is 0.119. The van der Waals surface area contributed by atoms with E-state index in [0.717, 1.165) is 18.6 Å². The van der Waals surface area contributed by atoms with Gasteiger partial charge in [-0.25, -0.2) is 0 Å². The lowest BCUT2D eigenvalue weighted by molar-refractivity contribution is -0.138. The zero-order valence-corrected chi connectivity index (χ0v) is 8.77. The van der Waals surface area contributed by atoms with Crippen LogP contribution in [0.25, 0.3) is 0 Å². The Bertz CT molecular complexity index is 209. The molecule has 1 unspecified atom stereocenters. The SMILES string of the molecule is C=CC(C)SCC1(CC(=O)O)CC1. The summed E-state index contributed by atoms with van der Waals surface area (Å²) in [6, 6.07) is 0. The third kappa shape index (κ3) is 3.43. The lowest BCUT2D eigenvalue weighted by atomic mass is 10.1. The van der Waals surface area contributed by atoms with Crippen LogP contribution in [0.1, 0.15) is 26.2 Å². The number of hydrogen-bond acceptors (Lipinski definition) is 2. The molecule has 1 saturated carbocycles. The monoisotopic (exact) mass is 200 g/mol. The maximum atomic E-state index is 10.5. The Kier molecular flexibility index (Phi) is 3.42. The smallest absolute Gasteiger partial charge is 0.303 e. The minimum Gasteiger partial charge on any atom is -0.481 e. The Balaban J connectivity index is 2.27. The predicted molar refractivity (Wildman–Crippen MR) is 56.0 cm³/mol. The molecule has 0 aliphatic heterocycles. The fourth-order valence-electron chi connectivity index (χ4n) is 1.25. The van der Waals surface area contributed by atoms with Crippen molar-refractivity contribution in [1.29, 1.82) is 0 Å². The first-order valence-electron chi connectivity index (χ1n) is 4.54. The van der Waals surface area contributed by atoms with E-state index in [1.165, 1.54) is 0 Å². The second kappa shape index (κ2) is 4.18. The van der Waals surface area contributed by atoms with Crippen molar-refractivity contribution in [3.8, 4) is 0 Å². The molecule has 13 heavy (non-hydrogen) atoms. The predicted octanol–water partition coefficient (Wildman–Crippen LogP) is 2.55. The van der Waals surface area contributed by atoms with Crippen LogP contribution in [0.5, 0.6) is 0 Å². The highest BCUT2D eigenvalue weighted by Crippen LogP contribution is 2.51. The molecule has 0 spiro atoms. The van der Waals surface area contributed by atoms with Crippen LogP contribution in [0.4, 0.5) is 0 Å². The van der Waals surface area contributed by atoms with Gasteiger partial charge in [-0.1, -0.05) is 6.08 Å². The third-order valence-electron chi connectivity index (χ3n) is 2.47. The molecule has 0 heterocycles. The van der Waals surface area contributed by atoms with Gasteiger partial charge in [0.15, 0.2) is 0 Å². The molecule has 1 atom stereocenters. The summed E-state index contributed by atoms with van der Waals surface area (Å²) in [6.07, 6.45) is 4.40. The van der Waals surface area contributed by atoms with Crippen LogP contribution in [-0.2, 0) is 4.79 Å². The lowest BCUT2D eigenvalue weighted by Crippen LogP contribution is -2.12. The van der Waals surface area contributed by atoms with Crippen molar-refractivity contribution < 1.29 is 9.90 Å². The molecule has 0 aromatic rings. The van der Waals surface area contributed by atoms with Gasteiger partial charge in [0.05, 0.1) is 6.42 Å². The molecule has 1 aliphatic rings. The van der Waals surface area contributed by atoms with Gasteiger partial charge in [-0.3, -0.25) is 4.79 Å². The molecule has 0 radical (unpaired) electrons. The van der Waals surface area contributed by atoms with E-state index in [-0.39, 0.29) is 5.41 Å². The summed E-state index contributed by atoms with van der Waals surface area (Å²) >= 11 is 1.81. The number of thioether (sulfide) groups is 1. The highest BCUT2D eigenvalue weighted by molar-refractivity contribution is 8.00. The van der Waals surface area contributed by atoms with Gasteiger partial charge in [-0.15, -0.1) is 6.58 Å². The summed E-state index contributed by atoms with van der Waals surface area (Å²) in [6.45, 7) is 5.80. The highest BCUT2D eigenvalue weighted by Gasteiger charge is 2.44.